The summed E-state index contributed by atoms with van der Waals surface area (Å²) >= 11 is 0. The first-order chi connectivity index (χ1) is 31.9. The quantitative estimate of drug-likeness (QED) is 0.0746. The van der Waals surface area contributed by atoms with Gasteiger partial charge in [0.25, 0.3) is 5.91 Å². The van der Waals surface area contributed by atoms with Gasteiger partial charge in [-0.1, -0.05) is 57.2 Å². The van der Waals surface area contributed by atoms with Crippen molar-refractivity contribution in [3.63, 3.8) is 0 Å². The van der Waals surface area contributed by atoms with Crippen molar-refractivity contribution in [2.45, 2.75) is 77.0 Å². The Morgan fingerprint density at radius 1 is 0.910 bits per heavy atom. The molecule has 0 spiro atoms. The lowest BCUT2D eigenvalue weighted by atomic mass is 9.86. The van der Waals surface area contributed by atoms with Crippen LogP contribution in [-0.2, 0) is 31.0 Å². The Morgan fingerprint density at radius 3 is 2.15 bits per heavy atom. The van der Waals surface area contributed by atoms with Crippen LogP contribution in [0.4, 0.5) is 5.82 Å². The summed E-state index contributed by atoms with van der Waals surface area (Å²) in [5.74, 6) is -2.03. The van der Waals surface area contributed by atoms with Gasteiger partial charge in [0, 0.05) is 50.3 Å². The second-order valence-electron chi connectivity index (χ2n) is 17.1. The van der Waals surface area contributed by atoms with Gasteiger partial charge in [0.05, 0.1) is 11.8 Å². The molecular weight excluding hydrogens is 857 g/mol. The Hall–Kier alpha value is -7.14. The predicted molar refractivity (Wildman–Crippen MR) is 254 cm³/mol. The van der Waals surface area contributed by atoms with Crippen molar-refractivity contribution < 1.29 is 33.4 Å². The van der Waals surface area contributed by atoms with Crippen LogP contribution in [0, 0.1) is 18.3 Å². The topological polar surface area (TPSA) is 295 Å². The van der Waals surface area contributed by atoms with E-state index < -0.39 is 53.7 Å². The highest BCUT2D eigenvalue weighted by Crippen LogP contribution is 2.40. The number of nitriles is 1. The highest BCUT2D eigenvalue weighted by atomic mass is 16.5. The van der Waals surface area contributed by atoms with Crippen LogP contribution in [-0.4, -0.2) is 116 Å². The minimum atomic E-state index is -1.42. The summed E-state index contributed by atoms with van der Waals surface area (Å²) in [5.41, 5.74) is 21.9. The van der Waals surface area contributed by atoms with Gasteiger partial charge in [0.1, 0.15) is 66.8 Å². The van der Waals surface area contributed by atoms with E-state index in [9.17, 15) is 29.2 Å². The van der Waals surface area contributed by atoms with Crippen molar-refractivity contribution in [1.29, 1.82) is 5.26 Å². The first kappa shape index (κ1) is 50.9. The maximum Gasteiger partial charge on any atom is 0.257 e. The van der Waals surface area contributed by atoms with Crippen molar-refractivity contribution in [3.8, 4) is 40.1 Å². The third-order valence-electron chi connectivity index (χ3n) is 11.2. The van der Waals surface area contributed by atoms with E-state index in [0.29, 0.717) is 45.3 Å². The number of fused-ring (bicyclic) bond motifs is 5. The average Bonchev–Trinajstić information content (AvgIpc) is 3.30. The number of amides is 5. The standard InChI is InChI=1S/C48H62N12O7/c1-27-39(42(53-6)59-41(55-27)30-9-12-32(13-10-30)48(3,4)5)45(63)57-35(16-17-49)47(65)60(7)40-31-11-15-38(67-23-20-52)34(26-31)33-24-29(8-14-37(33)66-22-19-51)25-36(44(62)54-21-18-50)58-43(61)28(2)56-46(40)64/h8-15,24,26,28,35-36,40H,16-17,19-23,25,49,51-52H2,1-7H3,(H,54,62)(H,56,64)(H,57,63)(H,58,61)(H,53,55,59). The molecule has 4 bridgehead atoms. The van der Waals surface area contributed by atoms with E-state index >= 15 is 0 Å². The number of nitrogens with one attached hydrogen (secondary N) is 5. The number of rotatable bonds is 16. The number of hydrogen-bond donors (Lipinski definition) is 8. The molecule has 1 aliphatic rings. The number of nitrogens with zero attached hydrogens (tertiary/aromatic N) is 4. The van der Waals surface area contributed by atoms with E-state index in [1.54, 1.807) is 50.4 Å². The van der Waals surface area contributed by atoms with Gasteiger partial charge in [0.15, 0.2) is 5.82 Å². The lowest BCUT2D eigenvalue weighted by Gasteiger charge is -2.32. The van der Waals surface area contributed by atoms with Crippen LogP contribution >= 0.6 is 0 Å². The molecule has 0 saturated heterocycles. The summed E-state index contributed by atoms with van der Waals surface area (Å²) in [4.78, 5) is 81.3. The minimum Gasteiger partial charge on any atom is -0.492 e. The van der Waals surface area contributed by atoms with E-state index in [1.807, 2.05) is 30.3 Å². The van der Waals surface area contributed by atoms with Crippen molar-refractivity contribution >= 4 is 35.4 Å². The first-order valence-corrected chi connectivity index (χ1v) is 22.1. The third kappa shape index (κ3) is 12.4. The van der Waals surface area contributed by atoms with Gasteiger partial charge in [-0.25, -0.2) is 9.97 Å². The molecule has 0 aliphatic carbocycles. The smallest absolute Gasteiger partial charge is 0.257 e. The monoisotopic (exact) mass is 918 g/mol. The van der Waals surface area contributed by atoms with E-state index in [-0.39, 0.29) is 69.0 Å². The fourth-order valence-electron chi connectivity index (χ4n) is 7.63. The molecule has 19 heteroatoms. The number of hydrogen-bond acceptors (Lipinski definition) is 14. The third-order valence-corrected chi connectivity index (χ3v) is 11.2. The van der Waals surface area contributed by atoms with Crippen LogP contribution < -0.4 is 53.3 Å². The molecule has 11 N–H and O–H groups in total. The zero-order valence-electron chi connectivity index (χ0n) is 39.1. The molecular formula is C48H62N12O7. The normalized spacial score (nSPS) is 16.5. The Bertz CT molecular complexity index is 2480. The number of benzene rings is 3. The average molecular weight is 919 g/mol. The lowest BCUT2D eigenvalue weighted by Crippen LogP contribution is -2.56. The highest BCUT2D eigenvalue weighted by molar-refractivity contribution is 6.03. The molecule has 0 saturated carbocycles. The molecule has 356 valence electrons. The van der Waals surface area contributed by atoms with Crippen molar-refractivity contribution in [1.82, 2.24) is 36.1 Å². The van der Waals surface area contributed by atoms with Gasteiger partial charge in [-0.3, -0.25) is 24.0 Å². The molecule has 1 aliphatic heterocycles. The van der Waals surface area contributed by atoms with Crippen LogP contribution in [0.1, 0.15) is 72.9 Å². The number of carbonyl (C=O) groups is 5. The molecule has 5 rings (SSSR count). The molecule has 3 aromatic carbocycles. The maximum atomic E-state index is 14.8. The van der Waals surface area contributed by atoms with E-state index in [4.69, 9.17) is 26.7 Å². The molecule has 0 fully saturated rings. The van der Waals surface area contributed by atoms with E-state index in [0.717, 1.165) is 11.1 Å². The molecule has 4 atom stereocenters. The molecule has 5 amide bonds. The summed E-state index contributed by atoms with van der Waals surface area (Å²) in [7, 11) is 3.04. The number of ether oxygens (including phenoxy) is 2. The van der Waals surface area contributed by atoms with Gasteiger partial charge in [-0.2, -0.15) is 5.26 Å². The summed E-state index contributed by atoms with van der Waals surface area (Å²) in [6.45, 7) is 9.81. The molecule has 1 aromatic heterocycles. The molecule has 19 nitrogen and oxygen atoms in total. The second kappa shape index (κ2) is 22.9. The number of anilines is 1. The summed E-state index contributed by atoms with van der Waals surface area (Å²) in [6, 6.07) is 14.8. The zero-order valence-corrected chi connectivity index (χ0v) is 39.1. The molecule has 4 aromatic rings. The van der Waals surface area contributed by atoms with Crippen LogP contribution in [0.2, 0.25) is 0 Å². The summed E-state index contributed by atoms with van der Waals surface area (Å²) < 4.78 is 12.2. The van der Waals surface area contributed by atoms with Crippen molar-refractivity contribution in [2.24, 2.45) is 17.2 Å². The molecule has 4 unspecified atom stereocenters. The Morgan fingerprint density at radius 2 is 1.55 bits per heavy atom. The predicted octanol–water partition coefficient (Wildman–Crippen LogP) is 1.97. The van der Waals surface area contributed by atoms with Crippen molar-refractivity contribution in [3.05, 3.63) is 88.6 Å². The summed E-state index contributed by atoms with van der Waals surface area (Å²) in [6.07, 6.45) is -0.0201. The van der Waals surface area contributed by atoms with Crippen LogP contribution in [0.25, 0.3) is 22.5 Å². The van der Waals surface area contributed by atoms with Crippen LogP contribution in [0.15, 0.2) is 60.7 Å². The minimum absolute atomic E-state index is 0.00229. The van der Waals surface area contributed by atoms with E-state index in [1.165, 1.54) is 18.9 Å². The fourth-order valence-corrected chi connectivity index (χ4v) is 7.63. The number of nitrogens with two attached hydrogens (primary N) is 3. The van der Waals surface area contributed by atoms with Gasteiger partial charge in [-0.05, 0) is 73.2 Å². The first-order valence-electron chi connectivity index (χ1n) is 22.1. The Labute approximate surface area is 390 Å². The van der Waals surface area contributed by atoms with Gasteiger partial charge >= 0.3 is 0 Å². The maximum absolute atomic E-state index is 14.8. The van der Waals surface area contributed by atoms with Crippen LogP contribution in [0.5, 0.6) is 11.5 Å². The Balaban J connectivity index is 1.58. The van der Waals surface area contributed by atoms with E-state index in [2.05, 4.69) is 57.3 Å². The van der Waals surface area contributed by atoms with Crippen molar-refractivity contribution in [2.75, 3.05) is 58.8 Å². The molecule has 67 heavy (non-hydrogen) atoms. The van der Waals surface area contributed by atoms with Gasteiger partial charge in [0.2, 0.25) is 23.6 Å². The molecule has 2 heterocycles. The van der Waals surface area contributed by atoms with Crippen LogP contribution in [0.3, 0.4) is 0 Å². The summed E-state index contributed by atoms with van der Waals surface area (Å²) in [5, 5.41) is 22.9. The number of aromatic nitrogens is 2. The fraction of sp³-hybridized carbons (Fsp3) is 0.417. The lowest BCUT2D eigenvalue weighted by molar-refractivity contribution is -0.141. The SMILES string of the molecule is CNc1nc(-c2ccc(C(C)(C)C)cc2)nc(C)c1C(=O)NC(CCN)C(=O)N(C)C1C(=O)NC(C)C(=O)NC(C(=O)NCC#N)Cc2ccc(OCCN)c(c2)-c2cc1ccc2OCCN. The number of aryl methyl sites for hydroxylation is 1. The van der Waals surface area contributed by atoms with Gasteiger partial charge in [-0.15, -0.1) is 0 Å². The number of carbonyl (C=O) groups excluding carboxylic acids is 5. The second-order valence-corrected chi connectivity index (χ2v) is 17.1. The zero-order chi connectivity index (χ0) is 49.0. The number of likely N-dealkylation sites (N-methyl/N-ethyl adjacent to an activating group) is 1. The Kier molecular flexibility index (Phi) is 17.3. The highest BCUT2D eigenvalue weighted by Gasteiger charge is 2.36. The largest absolute Gasteiger partial charge is 0.492 e. The van der Waals surface area contributed by atoms with Gasteiger partial charge < -0.3 is 58.2 Å². The molecule has 0 radical (unpaired) electrons.